The summed E-state index contributed by atoms with van der Waals surface area (Å²) in [5.74, 6) is 8.10. The molecule has 4 nitrogen and oxygen atoms in total. The molecule has 0 saturated heterocycles. The molecule has 0 aromatic carbocycles. The van der Waals surface area contributed by atoms with Crippen LogP contribution in [0.15, 0.2) is 16.9 Å². The maximum Gasteiger partial charge on any atom is 0.0524 e. The van der Waals surface area contributed by atoms with Gasteiger partial charge in [0.25, 0.3) is 0 Å². The van der Waals surface area contributed by atoms with Crippen molar-refractivity contribution in [1.29, 1.82) is 0 Å². The van der Waals surface area contributed by atoms with Gasteiger partial charge in [0.1, 0.15) is 0 Å². The van der Waals surface area contributed by atoms with E-state index < -0.39 is 0 Å². The Hall–Kier alpha value is -1.03. The van der Waals surface area contributed by atoms with Gasteiger partial charge in [-0.15, -0.1) is 0 Å². The number of nitrogens with two attached hydrogens (primary N) is 2. The highest BCUT2D eigenvalue weighted by atomic mass is 15.1. The van der Waals surface area contributed by atoms with Gasteiger partial charge < -0.3 is 16.9 Å². The van der Waals surface area contributed by atoms with Gasteiger partial charge in [0.05, 0.1) is 6.21 Å². The summed E-state index contributed by atoms with van der Waals surface area (Å²) in [4.78, 5) is 0. The van der Waals surface area contributed by atoms with Crippen LogP contribution >= 0.6 is 0 Å². The van der Waals surface area contributed by atoms with E-state index in [1.54, 1.807) is 12.4 Å². The summed E-state index contributed by atoms with van der Waals surface area (Å²) >= 11 is 0. The largest absolute Gasteiger partial charge is 0.404 e. The van der Waals surface area contributed by atoms with Crippen molar-refractivity contribution >= 4 is 6.21 Å². The summed E-state index contributed by atoms with van der Waals surface area (Å²) in [5.41, 5.74) is 6.95. The van der Waals surface area contributed by atoms with Crippen molar-refractivity contribution in [3.05, 3.63) is 11.8 Å². The van der Waals surface area contributed by atoms with Crippen LogP contribution in [0.1, 0.15) is 38.5 Å². The Balaban J connectivity index is 1.65. The summed E-state index contributed by atoms with van der Waals surface area (Å²) in [7, 11) is 0. The lowest BCUT2D eigenvalue weighted by Crippen LogP contribution is -2.58. The third kappa shape index (κ3) is 2.14. The van der Waals surface area contributed by atoms with Crippen LogP contribution in [0.25, 0.3) is 0 Å². The van der Waals surface area contributed by atoms with Crippen molar-refractivity contribution in [3.63, 3.8) is 0 Å². The standard InChI is InChI=1S/C14H24N4/c15-7-13(9-18-16)8-17-14-4-10-1-11(5-14)3-12(2-10)6-14/h7,9-12,17H,1-6,8,15-16H2. The van der Waals surface area contributed by atoms with Crippen LogP contribution in [0.5, 0.6) is 0 Å². The van der Waals surface area contributed by atoms with E-state index in [0.717, 1.165) is 29.9 Å². The Bertz CT molecular complexity index is 337. The molecule has 4 aliphatic carbocycles. The highest BCUT2D eigenvalue weighted by molar-refractivity contribution is 5.78. The van der Waals surface area contributed by atoms with Gasteiger partial charge in [0.2, 0.25) is 0 Å². The number of hydrazone groups is 1. The first kappa shape index (κ1) is 12.0. The first-order chi connectivity index (χ1) is 8.73. The van der Waals surface area contributed by atoms with Crippen molar-refractivity contribution in [2.75, 3.05) is 6.54 Å². The van der Waals surface area contributed by atoms with Crippen LogP contribution < -0.4 is 16.9 Å². The van der Waals surface area contributed by atoms with E-state index in [0.29, 0.717) is 5.54 Å². The predicted octanol–water partition coefficient (Wildman–Crippen LogP) is 1.33. The van der Waals surface area contributed by atoms with Gasteiger partial charge in [-0.1, -0.05) is 0 Å². The first-order valence-corrected chi connectivity index (χ1v) is 7.12. The fourth-order valence-electron chi connectivity index (χ4n) is 4.86. The second-order valence-electron chi connectivity index (χ2n) is 6.57. The van der Waals surface area contributed by atoms with Crippen molar-refractivity contribution in [2.24, 2.45) is 34.4 Å². The Morgan fingerprint density at radius 2 is 1.72 bits per heavy atom. The lowest BCUT2D eigenvalue weighted by molar-refractivity contribution is -0.0180. The van der Waals surface area contributed by atoms with Gasteiger partial charge in [-0.05, 0) is 62.5 Å². The van der Waals surface area contributed by atoms with Gasteiger partial charge in [-0.25, -0.2) is 0 Å². The van der Waals surface area contributed by atoms with E-state index in [9.17, 15) is 0 Å². The number of rotatable bonds is 4. The molecule has 0 radical (unpaired) electrons. The minimum absolute atomic E-state index is 0.380. The molecule has 18 heavy (non-hydrogen) atoms. The maximum atomic E-state index is 5.59. The molecule has 0 unspecified atom stereocenters. The third-order valence-corrected chi connectivity index (χ3v) is 5.16. The zero-order chi connectivity index (χ0) is 12.6. The van der Waals surface area contributed by atoms with E-state index >= 15 is 0 Å². The normalized spacial score (nSPS) is 42.9. The van der Waals surface area contributed by atoms with Gasteiger partial charge >= 0.3 is 0 Å². The van der Waals surface area contributed by atoms with Crippen molar-refractivity contribution in [1.82, 2.24) is 5.32 Å². The lowest BCUT2D eigenvalue weighted by Gasteiger charge is -2.57. The second kappa shape index (κ2) is 4.57. The summed E-state index contributed by atoms with van der Waals surface area (Å²) < 4.78 is 0. The van der Waals surface area contributed by atoms with Crippen LogP contribution in [0, 0.1) is 17.8 Å². The molecule has 4 saturated carbocycles. The SMILES string of the molecule is NC=C(C=NN)CNC12CC3CC(CC(C3)C1)C2. The zero-order valence-corrected chi connectivity index (χ0v) is 10.9. The third-order valence-electron chi connectivity index (χ3n) is 5.16. The molecular weight excluding hydrogens is 224 g/mol. The van der Waals surface area contributed by atoms with E-state index in [4.69, 9.17) is 11.6 Å². The van der Waals surface area contributed by atoms with Crippen molar-refractivity contribution in [2.45, 2.75) is 44.1 Å². The Labute approximate surface area is 109 Å². The maximum absolute atomic E-state index is 5.59. The number of nitrogens with one attached hydrogen (secondary N) is 1. The highest BCUT2D eigenvalue weighted by Crippen LogP contribution is 2.55. The Morgan fingerprint density at radius 3 is 2.17 bits per heavy atom. The molecule has 0 aliphatic heterocycles. The first-order valence-electron chi connectivity index (χ1n) is 7.12. The van der Waals surface area contributed by atoms with Gasteiger partial charge in [0, 0.05) is 17.7 Å². The lowest BCUT2D eigenvalue weighted by atomic mass is 9.53. The fraction of sp³-hybridized carbons (Fsp3) is 0.786. The quantitative estimate of drug-likeness (QED) is 0.399. The molecule has 4 aliphatic rings. The molecule has 4 rings (SSSR count). The average molecular weight is 248 g/mol. The van der Waals surface area contributed by atoms with Crippen LogP contribution in [-0.4, -0.2) is 18.3 Å². The smallest absolute Gasteiger partial charge is 0.0524 e. The molecule has 4 heteroatoms. The highest BCUT2D eigenvalue weighted by Gasteiger charge is 2.50. The van der Waals surface area contributed by atoms with Crippen LogP contribution in [-0.2, 0) is 0 Å². The van der Waals surface area contributed by atoms with E-state index in [-0.39, 0.29) is 0 Å². The Morgan fingerprint density at radius 1 is 1.17 bits per heavy atom. The monoisotopic (exact) mass is 248 g/mol. The number of hydrogen-bond donors (Lipinski definition) is 3. The molecule has 0 amide bonds. The molecule has 0 heterocycles. The molecule has 4 fully saturated rings. The average Bonchev–Trinajstić information content (AvgIpc) is 2.33. The van der Waals surface area contributed by atoms with Gasteiger partial charge in [-0.3, -0.25) is 0 Å². The van der Waals surface area contributed by atoms with Crippen molar-refractivity contribution in [3.8, 4) is 0 Å². The molecule has 100 valence electrons. The number of hydrogen-bond acceptors (Lipinski definition) is 4. The molecule has 0 atom stereocenters. The summed E-state index contributed by atoms with van der Waals surface area (Å²) in [6.07, 6.45) is 11.8. The molecule has 0 aromatic heterocycles. The van der Waals surface area contributed by atoms with Crippen molar-refractivity contribution < 1.29 is 0 Å². The predicted molar refractivity (Wildman–Crippen MR) is 73.9 cm³/mol. The summed E-state index contributed by atoms with van der Waals surface area (Å²) in [5, 5.41) is 7.33. The Kier molecular flexibility index (Phi) is 3.06. The van der Waals surface area contributed by atoms with E-state index in [1.807, 2.05) is 0 Å². The molecule has 0 spiro atoms. The summed E-state index contributed by atoms with van der Waals surface area (Å²) in [6, 6.07) is 0. The van der Waals surface area contributed by atoms with E-state index in [1.165, 1.54) is 38.5 Å². The zero-order valence-electron chi connectivity index (χ0n) is 10.9. The molecule has 4 bridgehead atoms. The molecular formula is C14H24N4. The van der Waals surface area contributed by atoms with E-state index in [2.05, 4.69) is 10.4 Å². The minimum Gasteiger partial charge on any atom is -0.404 e. The molecule has 0 aromatic rings. The van der Waals surface area contributed by atoms with Gasteiger partial charge in [0.15, 0.2) is 0 Å². The number of nitrogens with zero attached hydrogens (tertiary/aromatic N) is 1. The summed E-state index contributed by atoms with van der Waals surface area (Å²) in [6.45, 7) is 0.795. The fourth-order valence-corrected chi connectivity index (χ4v) is 4.86. The molecule has 5 N–H and O–H groups in total. The van der Waals surface area contributed by atoms with Crippen LogP contribution in [0.3, 0.4) is 0 Å². The minimum atomic E-state index is 0.380. The van der Waals surface area contributed by atoms with Gasteiger partial charge in [-0.2, -0.15) is 5.10 Å². The van der Waals surface area contributed by atoms with Crippen LogP contribution in [0.4, 0.5) is 0 Å². The topological polar surface area (TPSA) is 76.4 Å². The second-order valence-corrected chi connectivity index (χ2v) is 6.57. The van der Waals surface area contributed by atoms with Crippen LogP contribution in [0.2, 0.25) is 0 Å².